The molecular weight excluding hydrogens is 215 g/mol. The van der Waals surface area contributed by atoms with Gasteiger partial charge in [-0.3, -0.25) is 0 Å². The molecule has 0 heterocycles. The van der Waals surface area contributed by atoms with Crippen molar-refractivity contribution in [2.45, 2.75) is 25.7 Å². The molecule has 0 aliphatic heterocycles. The minimum Gasteiger partial charge on any atom is -0.0843 e. The molecule has 0 unspecified atom stereocenters. The maximum atomic E-state index is 6.07. The average molecular weight is 227 g/mol. The summed E-state index contributed by atoms with van der Waals surface area (Å²) in [5.74, 6) is 0. The van der Waals surface area contributed by atoms with Crippen molar-refractivity contribution in [3.8, 4) is 0 Å². The smallest absolute Gasteiger partial charge is 0.0479 e. The first-order valence-corrected chi connectivity index (χ1v) is 5.66. The fraction of sp³-hybridized carbons (Fsp3) is 0.333. The maximum Gasteiger partial charge on any atom is 0.0479 e. The Morgan fingerprint density at radius 1 is 1.07 bits per heavy atom. The van der Waals surface area contributed by atoms with Crippen LogP contribution in [0.1, 0.15) is 31.2 Å². The molecule has 1 aliphatic rings. The van der Waals surface area contributed by atoms with Gasteiger partial charge in [-0.05, 0) is 49.4 Å². The summed E-state index contributed by atoms with van der Waals surface area (Å²) in [4.78, 5) is 0. The molecule has 2 heteroatoms. The van der Waals surface area contributed by atoms with Gasteiger partial charge in [0.25, 0.3) is 0 Å². The fourth-order valence-electron chi connectivity index (χ4n) is 1.82. The minimum absolute atomic E-state index is 0.749. The third kappa shape index (κ3) is 2.31. The van der Waals surface area contributed by atoms with Gasteiger partial charge in [0.15, 0.2) is 0 Å². The van der Waals surface area contributed by atoms with E-state index in [1.54, 1.807) is 0 Å². The third-order valence-electron chi connectivity index (χ3n) is 2.56. The van der Waals surface area contributed by atoms with E-state index in [-0.39, 0.29) is 0 Å². The zero-order chi connectivity index (χ0) is 9.97. The van der Waals surface area contributed by atoms with Crippen LogP contribution >= 0.6 is 23.2 Å². The number of hydrogen-bond acceptors (Lipinski definition) is 0. The zero-order valence-electron chi connectivity index (χ0n) is 7.89. The number of rotatable bonds is 1. The summed E-state index contributed by atoms with van der Waals surface area (Å²) >= 11 is 12.0. The molecule has 1 fully saturated rings. The summed E-state index contributed by atoms with van der Waals surface area (Å²) in [6, 6.07) is 5.60. The molecule has 0 aromatic heterocycles. The van der Waals surface area contributed by atoms with E-state index in [1.165, 1.54) is 31.3 Å². The Morgan fingerprint density at radius 3 is 2.50 bits per heavy atom. The summed E-state index contributed by atoms with van der Waals surface area (Å²) in [5, 5.41) is 1.54. The molecule has 0 amide bonds. The van der Waals surface area contributed by atoms with Crippen molar-refractivity contribution < 1.29 is 0 Å². The SMILES string of the molecule is Clc1ccc(Cl)c(C=C2CCCC2)c1. The Morgan fingerprint density at radius 2 is 1.79 bits per heavy atom. The van der Waals surface area contributed by atoms with E-state index in [2.05, 4.69) is 6.08 Å². The van der Waals surface area contributed by atoms with Gasteiger partial charge in [-0.2, -0.15) is 0 Å². The molecule has 74 valence electrons. The van der Waals surface area contributed by atoms with Crippen molar-refractivity contribution in [1.82, 2.24) is 0 Å². The van der Waals surface area contributed by atoms with Crippen LogP contribution in [0.3, 0.4) is 0 Å². The highest BCUT2D eigenvalue weighted by Crippen LogP contribution is 2.29. The lowest BCUT2D eigenvalue weighted by Crippen LogP contribution is -1.78. The van der Waals surface area contributed by atoms with Crippen LogP contribution < -0.4 is 0 Å². The van der Waals surface area contributed by atoms with Gasteiger partial charge in [-0.25, -0.2) is 0 Å². The van der Waals surface area contributed by atoms with Crippen LogP contribution in [0.25, 0.3) is 6.08 Å². The maximum absolute atomic E-state index is 6.07. The van der Waals surface area contributed by atoms with E-state index in [4.69, 9.17) is 23.2 Å². The molecule has 0 nitrogen and oxygen atoms in total. The van der Waals surface area contributed by atoms with E-state index in [0.717, 1.165) is 15.6 Å². The van der Waals surface area contributed by atoms with E-state index in [0.29, 0.717) is 0 Å². The Hall–Kier alpha value is -0.460. The highest BCUT2D eigenvalue weighted by atomic mass is 35.5. The van der Waals surface area contributed by atoms with Crippen molar-refractivity contribution in [1.29, 1.82) is 0 Å². The molecule has 1 aliphatic carbocycles. The second-order valence-corrected chi connectivity index (χ2v) is 4.52. The van der Waals surface area contributed by atoms with Gasteiger partial charge in [0.2, 0.25) is 0 Å². The minimum atomic E-state index is 0.749. The van der Waals surface area contributed by atoms with Crippen molar-refractivity contribution in [2.24, 2.45) is 0 Å². The topological polar surface area (TPSA) is 0 Å². The van der Waals surface area contributed by atoms with Crippen LogP contribution in [-0.2, 0) is 0 Å². The second kappa shape index (κ2) is 4.37. The highest BCUT2D eigenvalue weighted by molar-refractivity contribution is 6.34. The van der Waals surface area contributed by atoms with Crippen LogP contribution in [0, 0.1) is 0 Å². The molecule has 1 saturated carbocycles. The van der Waals surface area contributed by atoms with Gasteiger partial charge in [0.1, 0.15) is 0 Å². The van der Waals surface area contributed by atoms with Gasteiger partial charge in [0.05, 0.1) is 0 Å². The molecule has 1 aromatic carbocycles. The zero-order valence-corrected chi connectivity index (χ0v) is 9.41. The normalized spacial score (nSPS) is 16.0. The average Bonchev–Trinajstić information content (AvgIpc) is 2.64. The van der Waals surface area contributed by atoms with Crippen LogP contribution in [0.15, 0.2) is 23.8 Å². The molecule has 0 bridgehead atoms. The van der Waals surface area contributed by atoms with Crippen molar-refractivity contribution in [3.63, 3.8) is 0 Å². The molecule has 2 rings (SSSR count). The standard InChI is InChI=1S/C12H12Cl2/c13-11-5-6-12(14)10(8-11)7-9-3-1-2-4-9/h5-8H,1-4H2. The number of hydrogen-bond donors (Lipinski definition) is 0. The predicted molar refractivity (Wildman–Crippen MR) is 62.9 cm³/mol. The predicted octanol–water partition coefficient (Wildman–Crippen LogP) is 4.95. The van der Waals surface area contributed by atoms with Gasteiger partial charge in [-0.15, -0.1) is 0 Å². The number of allylic oxidation sites excluding steroid dienone is 1. The van der Waals surface area contributed by atoms with E-state index in [9.17, 15) is 0 Å². The Bertz CT molecular complexity index is 359. The van der Waals surface area contributed by atoms with Crippen molar-refractivity contribution >= 4 is 29.3 Å². The van der Waals surface area contributed by atoms with Gasteiger partial charge >= 0.3 is 0 Å². The highest BCUT2D eigenvalue weighted by Gasteiger charge is 2.07. The summed E-state index contributed by atoms with van der Waals surface area (Å²) in [7, 11) is 0. The molecule has 0 saturated heterocycles. The van der Waals surface area contributed by atoms with E-state index >= 15 is 0 Å². The number of benzene rings is 1. The molecule has 0 radical (unpaired) electrons. The summed E-state index contributed by atoms with van der Waals surface area (Å²) < 4.78 is 0. The van der Waals surface area contributed by atoms with E-state index in [1.807, 2.05) is 18.2 Å². The van der Waals surface area contributed by atoms with Crippen LogP contribution in [0.2, 0.25) is 10.0 Å². The van der Waals surface area contributed by atoms with Crippen LogP contribution in [-0.4, -0.2) is 0 Å². The van der Waals surface area contributed by atoms with Gasteiger partial charge < -0.3 is 0 Å². The first-order valence-electron chi connectivity index (χ1n) is 4.90. The first-order chi connectivity index (χ1) is 6.75. The third-order valence-corrected chi connectivity index (χ3v) is 3.14. The fourth-order valence-corrected chi connectivity index (χ4v) is 2.17. The molecule has 0 atom stereocenters. The monoisotopic (exact) mass is 226 g/mol. The largest absolute Gasteiger partial charge is 0.0843 e. The first kappa shape index (κ1) is 10.1. The summed E-state index contributed by atoms with van der Waals surface area (Å²) in [6.07, 6.45) is 7.22. The summed E-state index contributed by atoms with van der Waals surface area (Å²) in [6.45, 7) is 0. The van der Waals surface area contributed by atoms with Gasteiger partial charge in [-0.1, -0.05) is 34.9 Å². The van der Waals surface area contributed by atoms with Crippen LogP contribution in [0.5, 0.6) is 0 Å². The second-order valence-electron chi connectivity index (χ2n) is 3.68. The molecule has 14 heavy (non-hydrogen) atoms. The lowest BCUT2D eigenvalue weighted by molar-refractivity contribution is 0.886. The van der Waals surface area contributed by atoms with Crippen molar-refractivity contribution in [3.05, 3.63) is 39.4 Å². The summed E-state index contributed by atoms with van der Waals surface area (Å²) in [5.41, 5.74) is 2.55. The van der Waals surface area contributed by atoms with Crippen LogP contribution in [0.4, 0.5) is 0 Å². The molecular formula is C12H12Cl2. The Kier molecular flexibility index (Phi) is 3.15. The lowest BCUT2D eigenvalue weighted by Gasteiger charge is -2.01. The van der Waals surface area contributed by atoms with E-state index < -0.39 is 0 Å². The van der Waals surface area contributed by atoms with Crippen molar-refractivity contribution in [2.75, 3.05) is 0 Å². The molecule has 0 N–H and O–H groups in total. The molecule has 1 aromatic rings. The molecule has 0 spiro atoms. The number of halogens is 2. The van der Waals surface area contributed by atoms with Gasteiger partial charge in [0, 0.05) is 10.0 Å². The Balaban J connectivity index is 2.31. The lowest BCUT2D eigenvalue weighted by atomic mass is 10.1. The quantitative estimate of drug-likeness (QED) is 0.636. The Labute approximate surface area is 94.5 Å².